The third kappa shape index (κ3) is 3.38. The van der Waals surface area contributed by atoms with E-state index in [1.807, 2.05) is 0 Å². The van der Waals surface area contributed by atoms with E-state index < -0.39 is 12.3 Å². The van der Waals surface area contributed by atoms with Crippen molar-refractivity contribution in [3.8, 4) is 0 Å². The molecule has 0 radical (unpaired) electrons. The largest absolute Gasteiger partial charge is 0.355 e. The summed E-state index contributed by atoms with van der Waals surface area (Å²) in [5.74, 6) is -0.355. The Kier molecular flexibility index (Phi) is 4.68. The van der Waals surface area contributed by atoms with Crippen LogP contribution in [0.15, 0.2) is 0 Å². The zero-order valence-corrected chi connectivity index (χ0v) is 12.5. The highest BCUT2D eigenvalue weighted by atomic mass is 16.2. The Morgan fingerprint density at radius 3 is 1.59 bits per heavy atom. The fraction of sp³-hybridized carbons (Fsp3) is 0.667. The lowest BCUT2D eigenvalue weighted by atomic mass is 10.3. The van der Waals surface area contributed by atoms with Crippen LogP contribution in [-0.4, -0.2) is 72.2 Å². The molecule has 2 aliphatic heterocycles. The second-order valence-electron chi connectivity index (χ2n) is 5.14. The number of nitrogens with one attached hydrogen (secondary N) is 4. The van der Waals surface area contributed by atoms with Crippen LogP contribution in [0.3, 0.4) is 0 Å². The molecule has 2 saturated heterocycles. The van der Waals surface area contributed by atoms with Crippen molar-refractivity contribution in [2.45, 2.75) is 26.2 Å². The van der Waals surface area contributed by atoms with Crippen LogP contribution in [0, 0.1) is 0 Å². The maximum absolute atomic E-state index is 12.0. The van der Waals surface area contributed by atoms with Crippen molar-refractivity contribution in [1.82, 2.24) is 31.1 Å². The van der Waals surface area contributed by atoms with E-state index in [-0.39, 0.29) is 23.9 Å². The van der Waals surface area contributed by atoms with E-state index in [0.29, 0.717) is 26.2 Å². The average molecular weight is 312 g/mol. The van der Waals surface area contributed by atoms with E-state index in [4.69, 9.17) is 0 Å². The molecule has 10 heteroatoms. The second-order valence-corrected chi connectivity index (χ2v) is 5.14. The Bertz CT molecular complexity index is 452. The smallest absolute Gasteiger partial charge is 0.320 e. The van der Waals surface area contributed by atoms with E-state index >= 15 is 0 Å². The van der Waals surface area contributed by atoms with Gasteiger partial charge in [-0.1, -0.05) is 0 Å². The Balaban J connectivity index is 1.92. The van der Waals surface area contributed by atoms with Gasteiger partial charge in [-0.25, -0.2) is 9.59 Å². The van der Waals surface area contributed by atoms with Crippen molar-refractivity contribution in [2.24, 2.45) is 0 Å². The molecule has 0 aliphatic carbocycles. The number of urea groups is 2. The van der Waals surface area contributed by atoms with E-state index in [2.05, 4.69) is 21.3 Å². The average Bonchev–Trinajstić information content (AvgIpc) is 2.86. The first kappa shape index (κ1) is 15.9. The summed E-state index contributed by atoms with van der Waals surface area (Å²) in [5, 5.41) is 10.7. The third-order valence-corrected chi connectivity index (χ3v) is 3.49. The predicted octanol–water partition coefficient (Wildman–Crippen LogP) is -2.04. The second kappa shape index (κ2) is 6.50. The molecule has 0 aromatic heterocycles. The summed E-state index contributed by atoms with van der Waals surface area (Å²) in [4.78, 5) is 48.6. The highest BCUT2D eigenvalue weighted by Crippen LogP contribution is 2.20. The molecule has 0 spiro atoms. The number of carbonyl (C=O) groups is 4. The summed E-state index contributed by atoms with van der Waals surface area (Å²) in [6, 6.07) is -0.602. The zero-order chi connectivity index (χ0) is 16.3. The van der Waals surface area contributed by atoms with E-state index in [0.717, 1.165) is 0 Å². The van der Waals surface area contributed by atoms with Crippen molar-refractivity contribution < 1.29 is 19.2 Å². The van der Waals surface area contributed by atoms with Gasteiger partial charge in [0.25, 0.3) is 0 Å². The summed E-state index contributed by atoms with van der Waals surface area (Å²) in [6.07, 6.45) is -0.961. The lowest BCUT2D eigenvalue weighted by Crippen LogP contribution is -2.46. The van der Waals surface area contributed by atoms with E-state index in [9.17, 15) is 19.2 Å². The van der Waals surface area contributed by atoms with Gasteiger partial charge in [0.2, 0.25) is 11.8 Å². The Morgan fingerprint density at radius 2 is 1.27 bits per heavy atom. The third-order valence-electron chi connectivity index (χ3n) is 3.49. The summed E-state index contributed by atoms with van der Waals surface area (Å²) in [7, 11) is 0. The fourth-order valence-corrected chi connectivity index (χ4v) is 2.51. The standard InChI is InChI=1S/C12H20N6O4/c1-7(19)13-3-5-17-9-10(16-11(17)21)18(12(22)15-9)6-4-14-8(2)20/h9-10H,3-6H2,1-2H3,(H,13,19)(H,14,20)(H,15,22)(H,16,21). The van der Waals surface area contributed by atoms with Gasteiger partial charge in [0.15, 0.2) is 0 Å². The molecule has 0 saturated carbocycles. The minimum absolute atomic E-state index is 0.177. The molecule has 2 rings (SSSR count). The Morgan fingerprint density at radius 1 is 0.909 bits per heavy atom. The molecule has 2 aliphatic rings. The van der Waals surface area contributed by atoms with Gasteiger partial charge >= 0.3 is 12.1 Å². The first-order valence-electron chi connectivity index (χ1n) is 7.03. The van der Waals surface area contributed by atoms with Crippen molar-refractivity contribution in [1.29, 1.82) is 0 Å². The number of carbonyl (C=O) groups excluding carboxylic acids is 4. The molecular weight excluding hydrogens is 292 g/mol. The summed E-state index contributed by atoms with van der Waals surface area (Å²) < 4.78 is 0. The van der Waals surface area contributed by atoms with Crippen LogP contribution < -0.4 is 21.3 Å². The van der Waals surface area contributed by atoms with E-state index in [1.165, 1.54) is 23.6 Å². The first-order valence-corrected chi connectivity index (χ1v) is 7.03. The quantitative estimate of drug-likeness (QED) is 0.451. The van der Waals surface area contributed by atoms with Crippen molar-refractivity contribution in [3.05, 3.63) is 0 Å². The van der Waals surface area contributed by atoms with Crippen LogP contribution in [0.1, 0.15) is 13.8 Å². The van der Waals surface area contributed by atoms with Gasteiger partial charge in [-0.3, -0.25) is 19.4 Å². The molecule has 2 unspecified atom stereocenters. The maximum atomic E-state index is 12.0. The highest BCUT2D eigenvalue weighted by Gasteiger charge is 2.49. The van der Waals surface area contributed by atoms with Crippen molar-refractivity contribution >= 4 is 23.9 Å². The molecule has 2 fully saturated rings. The molecule has 122 valence electrons. The van der Waals surface area contributed by atoms with Gasteiger partial charge < -0.3 is 21.3 Å². The topological polar surface area (TPSA) is 123 Å². The molecular formula is C12H20N6O4. The fourth-order valence-electron chi connectivity index (χ4n) is 2.51. The number of nitrogens with zero attached hydrogens (tertiary/aromatic N) is 2. The normalized spacial score (nSPS) is 23.0. The molecule has 0 aromatic rings. The van der Waals surface area contributed by atoms with Crippen LogP contribution in [0.2, 0.25) is 0 Å². The monoisotopic (exact) mass is 312 g/mol. The van der Waals surface area contributed by atoms with Crippen LogP contribution in [0.5, 0.6) is 0 Å². The SMILES string of the molecule is CC(=O)NCCN1C(=O)NC2C1NC(=O)N2CCNC(C)=O. The minimum atomic E-state index is -0.480. The molecule has 0 aromatic carbocycles. The lowest BCUT2D eigenvalue weighted by molar-refractivity contribution is -0.119. The molecule has 22 heavy (non-hydrogen) atoms. The molecule has 2 atom stereocenters. The molecule has 6 amide bonds. The first-order chi connectivity index (χ1) is 10.4. The van der Waals surface area contributed by atoms with Gasteiger partial charge in [-0.2, -0.15) is 0 Å². The molecule has 4 N–H and O–H groups in total. The number of rotatable bonds is 6. The lowest BCUT2D eigenvalue weighted by Gasteiger charge is -2.22. The zero-order valence-electron chi connectivity index (χ0n) is 12.5. The van der Waals surface area contributed by atoms with Gasteiger partial charge in [0.1, 0.15) is 12.3 Å². The van der Waals surface area contributed by atoms with Gasteiger partial charge in [0, 0.05) is 40.0 Å². The van der Waals surface area contributed by atoms with Gasteiger partial charge in [0.05, 0.1) is 0 Å². The highest BCUT2D eigenvalue weighted by molar-refractivity contribution is 5.85. The van der Waals surface area contributed by atoms with Gasteiger partial charge in [-0.15, -0.1) is 0 Å². The van der Waals surface area contributed by atoms with Crippen molar-refractivity contribution in [2.75, 3.05) is 26.2 Å². The van der Waals surface area contributed by atoms with Crippen LogP contribution >= 0.6 is 0 Å². The summed E-state index contributed by atoms with van der Waals surface area (Å²) in [5.41, 5.74) is 0. The minimum Gasteiger partial charge on any atom is -0.355 e. The number of hydrogen-bond donors (Lipinski definition) is 4. The predicted molar refractivity (Wildman–Crippen MR) is 75.4 cm³/mol. The maximum Gasteiger partial charge on any atom is 0.320 e. The summed E-state index contributed by atoms with van der Waals surface area (Å²) >= 11 is 0. The van der Waals surface area contributed by atoms with Crippen molar-refractivity contribution in [3.63, 3.8) is 0 Å². The number of fused-ring (bicyclic) bond motifs is 1. The van der Waals surface area contributed by atoms with E-state index in [1.54, 1.807) is 0 Å². The number of hydrogen-bond acceptors (Lipinski definition) is 4. The molecule has 2 heterocycles. The Labute approximate surface area is 127 Å². The molecule has 10 nitrogen and oxygen atoms in total. The van der Waals surface area contributed by atoms with Gasteiger partial charge in [-0.05, 0) is 0 Å². The van der Waals surface area contributed by atoms with Crippen LogP contribution in [0.25, 0.3) is 0 Å². The Hall–Kier alpha value is -2.52. The number of amides is 6. The summed E-state index contributed by atoms with van der Waals surface area (Å²) in [6.45, 7) is 4.02. The molecule has 0 bridgehead atoms. The van der Waals surface area contributed by atoms with Crippen LogP contribution in [0.4, 0.5) is 9.59 Å². The van der Waals surface area contributed by atoms with Crippen LogP contribution in [-0.2, 0) is 9.59 Å².